The first-order valence-corrected chi connectivity index (χ1v) is 11.3. The summed E-state index contributed by atoms with van der Waals surface area (Å²) in [5.41, 5.74) is 2.42. The van der Waals surface area contributed by atoms with Gasteiger partial charge in [0.05, 0.1) is 0 Å². The Balaban J connectivity index is 1.84. The second-order valence-electron chi connectivity index (χ2n) is 7.53. The zero-order chi connectivity index (χ0) is 19.5. The lowest BCUT2D eigenvalue weighted by atomic mass is 10.1. The van der Waals surface area contributed by atoms with Crippen LogP contribution >= 0.6 is 11.8 Å². The first-order chi connectivity index (χ1) is 13.1. The molecule has 2 aromatic rings. The first-order valence-electron chi connectivity index (χ1n) is 10.5. The van der Waals surface area contributed by atoms with Crippen LogP contribution in [-0.2, 0) is 0 Å². The van der Waals surface area contributed by atoms with Gasteiger partial charge in [0.25, 0.3) is 0 Å². The Morgan fingerprint density at radius 3 is 1.37 bits per heavy atom. The number of unbranched alkanes of at least 4 members (excludes halogenated alkanes) is 2. The zero-order valence-electron chi connectivity index (χ0n) is 17.4. The third-order valence-corrected chi connectivity index (χ3v) is 5.77. The third-order valence-electron chi connectivity index (χ3n) is 4.75. The predicted molar refractivity (Wildman–Crippen MR) is 122 cm³/mol. The van der Waals surface area contributed by atoms with Gasteiger partial charge in [-0.1, -0.05) is 51.3 Å². The molecule has 2 rings (SSSR count). The third kappa shape index (κ3) is 8.30. The van der Waals surface area contributed by atoms with Crippen LogP contribution in [0, 0.1) is 0 Å². The molecule has 0 heterocycles. The summed E-state index contributed by atoms with van der Waals surface area (Å²) in [6, 6.07) is 18.7. The fraction of sp³-hybridized carbons (Fsp3) is 0.500. The molecule has 0 saturated heterocycles. The molecule has 0 spiro atoms. The molecule has 0 amide bonds. The molecule has 2 atom stereocenters. The van der Waals surface area contributed by atoms with Gasteiger partial charge in [-0.2, -0.15) is 0 Å². The largest absolute Gasteiger partial charge is 0.383 e. The highest BCUT2D eigenvalue weighted by atomic mass is 32.2. The molecule has 2 N–H and O–H groups in total. The number of nitrogens with one attached hydrogen (secondary N) is 2. The van der Waals surface area contributed by atoms with Crippen LogP contribution in [0.15, 0.2) is 58.3 Å². The zero-order valence-corrected chi connectivity index (χ0v) is 18.2. The molecule has 3 heteroatoms. The molecule has 0 bridgehead atoms. The lowest BCUT2D eigenvalue weighted by Crippen LogP contribution is -2.14. The molecular formula is C24H36N2S. The van der Waals surface area contributed by atoms with Gasteiger partial charge >= 0.3 is 0 Å². The van der Waals surface area contributed by atoms with Gasteiger partial charge in [0, 0.05) is 33.2 Å². The fourth-order valence-electron chi connectivity index (χ4n) is 3.11. The Kier molecular flexibility index (Phi) is 9.61. The van der Waals surface area contributed by atoms with Gasteiger partial charge in [-0.15, -0.1) is 0 Å². The number of rotatable bonds is 12. The van der Waals surface area contributed by atoms with Crippen molar-refractivity contribution in [2.24, 2.45) is 0 Å². The smallest absolute Gasteiger partial charge is 0.0342 e. The average molecular weight is 385 g/mol. The lowest BCUT2D eigenvalue weighted by molar-refractivity contribution is 0.645. The molecule has 2 unspecified atom stereocenters. The van der Waals surface area contributed by atoms with Crippen LogP contribution in [0.3, 0.4) is 0 Å². The summed E-state index contributed by atoms with van der Waals surface area (Å²) < 4.78 is 0. The van der Waals surface area contributed by atoms with Gasteiger partial charge in [0.2, 0.25) is 0 Å². The van der Waals surface area contributed by atoms with Gasteiger partial charge in [-0.05, 0) is 75.2 Å². The van der Waals surface area contributed by atoms with E-state index in [2.05, 4.69) is 86.9 Å². The van der Waals surface area contributed by atoms with Crippen LogP contribution in [0.4, 0.5) is 11.4 Å². The van der Waals surface area contributed by atoms with Crippen LogP contribution in [0.2, 0.25) is 0 Å². The van der Waals surface area contributed by atoms with E-state index in [0.717, 1.165) is 0 Å². The summed E-state index contributed by atoms with van der Waals surface area (Å²) >= 11 is 1.81. The number of hydrogen-bond donors (Lipinski definition) is 2. The highest BCUT2D eigenvalue weighted by molar-refractivity contribution is 7.99. The molecule has 27 heavy (non-hydrogen) atoms. The van der Waals surface area contributed by atoms with Gasteiger partial charge in [0.1, 0.15) is 0 Å². The van der Waals surface area contributed by atoms with Gasteiger partial charge in [-0.3, -0.25) is 0 Å². The highest BCUT2D eigenvalue weighted by Gasteiger charge is 2.04. The Bertz CT molecular complexity index is 579. The van der Waals surface area contributed by atoms with Crippen molar-refractivity contribution in [1.29, 1.82) is 0 Å². The summed E-state index contributed by atoms with van der Waals surface area (Å²) in [5.74, 6) is 0. The minimum atomic E-state index is 0.531. The standard InChI is InChI=1S/C24H36N2S/c1-5-7-9-19(3)25-21-11-15-23(16-12-21)27-24-17-13-22(14-18-24)26-20(4)10-8-6-2/h11-20,25-26H,5-10H2,1-4H3. The molecule has 0 saturated carbocycles. The monoisotopic (exact) mass is 384 g/mol. The maximum Gasteiger partial charge on any atom is 0.0342 e. The van der Waals surface area contributed by atoms with Gasteiger partial charge < -0.3 is 10.6 Å². The van der Waals surface area contributed by atoms with Gasteiger partial charge in [0.15, 0.2) is 0 Å². The Labute approximate surface area is 170 Å². The molecule has 148 valence electrons. The molecule has 0 fully saturated rings. The SMILES string of the molecule is CCCCC(C)Nc1ccc(Sc2ccc(NC(C)CCCC)cc2)cc1. The minimum Gasteiger partial charge on any atom is -0.383 e. The van der Waals surface area contributed by atoms with E-state index in [1.807, 2.05) is 11.8 Å². The van der Waals surface area contributed by atoms with E-state index in [1.165, 1.54) is 59.7 Å². The topological polar surface area (TPSA) is 24.1 Å². The van der Waals surface area contributed by atoms with Crippen molar-refractivity contribution in [1.82, 2.24) is 0 Å². The first kappa shape index (κ1) is 21.7. The molecule has 0 aliphatic heterocycles. The Morgan fingerprint density at radius 2 is 1.04 bits per heavy atom. The van der Waals surface area contributed by atoms with E-state index in [9.17, 15) is 0 Å². The summed E-state index contributed by atoms with van der Waals surface area (Å²) in [5, 5.41) is 7.18. The van der Waals surface area contributed by atoms with E-state index in [1.54, 1.807) is 0 Å². The van der Waals surface area contributed by atoms with Crippen molar-refractivity contribution < 1.29 is 0 Å². The molecule has 0 radical (unpaired) electrons. The fourth-order valence-corrected chi connectivity index (χ4v) is 3.92. The van der Waals surface area contributed by atoms with Crippen LogP contribution in [0.25, 0.3) is 0 Å². The van der Waals surface area contributed by atoms with Crippen LogP contribution in [0.1, 0.15) is 66.2 Å². The number of hydrogen-bond acceptors (Lipinski definition) is 3. The minimum absolute atomic E-state index is 0.531. The second-order valence-corrected chi connectivity index (χ2v) is 8.67. The quantitative estimate of drug-likeness (QED) is 0.390. The van der Waals surface area contributed by atoms with E-state index >= 15 is 0 Å². The van der Waals surface area contributed by atoms with Crippen LogP contribution in [0.5, 0.6) is 0 Å². The Hall–Kier alpha value is -1.61. The lowest BCUT2D eigenvalue weighted by Gasteiger charge is -2.15. The van der Waals surface area contributed by atoms with E-state index in [-0.39, 0.29) is 0 Å². The summed E-state index contributed by atoms with van der Waals surface area (Å²) in [7, 11) is 0. The molecule has 0 aliphatic carbocycles. The molecular weight excluding hydrogens is 348 g/mol. The van der Waals surface area contributed by atoms with E-state index in [4.69, 9.17) is 0 Å². The van der Waals surface area contributed by atoms with Crippen molar-refractivity contribution in [2.75, 3.05) is 10.6 Å². The normalized spacial score (nSPS) is 13.2. The van der Waals surface area contributed by atoms with Crippen molar-refractivity contribution in [3.63, 3.8) is 0 Å². The Morgan fingerprint density at radius 1 is 0.667 bits per heavy atom. The maximum atomic E-state index is 3.59. The summed E-state index contributed by atoms with van der Waals surface area (Å²) in [6.45, 7) is 9.01. The molecule has 0 aromatic heterocycles. The second kappa shape index (κ2) is 12.0. The van der Waals surface area contributed by atoms with E-state index < -0.39 is 0 Å². The maximum absolute atomic E-state index is 3.59. The molecule has 0 aliphatic rings. The highest BCUT2D eigenvalue weighted by Crippen LogP contribution is 2.29. The number of benzene rings is 2. The van der Waals surface area contributed by atoms with Crippen molar-refractivity contribution in [3.05, 3.63) is 48.5 Å². The average Bonchev–Trinajstić information content (AvgIpc) is 2.68. The predicted octanol–water partition coefficient (Wildman–Crippen LogP) is 7.82. The van der Waals surface area contributed by atoms with Crippen molar-refractivity contribution in [2.45, 2.75) is 88.1 Å². The van der Waals surface area contributed by atoms with Crippen LogP contribution in [-0.4, -0.2) is 12.1 Å². The van der Waals surface area contributed by atoms with E-state index in [0.29, 0.717) is 12.1 Å². The number of anilines is 2. The van der Waals surface area contributed by atoms with Crippen LogP contribution < -0.4 is 10.6 Å². The summed E-state index contributed by atoms with van der Waals surface area (Å²) in [6.07, 6.45) is 7.53. The summed E-state index contributed by atoms with van der Waals surface area (Å²) in [4.78, 5) is 2.55. The van der Waals surface area contributed by atoms with Gasteiger partial charge in [-0.25, -0.2) is 0 Å². The van der Waals surface area contributed by atoms with Crippen molar-refractivity contribution >= 4 is 23.1 Å². The van der Waals surface area contributed by atoms with Crippen molar-refractivity contribution in [3.8, 4) is 0 Å². The molecule has 2 nitrogen and oxygen atoms in total. The molecule has 2 aromatic carbocycles.